The van der Waals surface area contributed by atoms with Crippen LogP contribution in [0, 0.1) is 29.6 Å². The number of hydrogen-bond donors (Lipinski definition) is 6. The highest BCUT2D eigenvalue weighted by Crippen LogP contribution is 2.40. The Bertz CT molecular complexity index is 2220. The third kappa shape index (κ3) is 11.9. The fourth-order valence-corrected chi connectivity index (χ4v) is 9.97. The molecular weight excluding hydrogens is 832 g/mol. The van der Waals surface area contributed by atoms with E-state index >= 15 is 0 Å². The summed E-state index contributed by atoms with van der Waals surface area (Å²) in [5.41, 5.74) is 2.39. The zero-order valence-electron chi connectivity index (χ0n) is 37.4. The van der Waals surface area contributed by atoms with Gasteiger partial charge < -0.3 is 41.4 Å². The average Bonchev–Trinajstić information content (AvgIpc) is 3.31. The van der Waals surface area contributed by atoms with Gasteiger partial charge >= 0.3 is 0 Å². The van der Waals surface area contributed by atoms with Gasteiger partial charge in [-0.25, -0.2) is 19.9 Å². The van der Waals surface area contributed by atoms with Crippen LogP contribution in [0.4, 0.5) is 23.3 Å². The molecule has 7 atom stereocenters. The first-order chi connectivity index (χ1) is 31.0. The molecule has 4 aliphatic heterocycles. The molecule has 0 saturated carbocycles. The first-order valence-corrected chi connectivity index (χ1v) is 23.4. The minimum absolute atomic E-state index is 0.0242. The Hall–Kier alpha value is -4.87. The molecule has 4 aromatic heterocycles. The summed E-state index contributed by atoms with van der Waals surface area (Å²) in [6, 6.07) is 6.13. The zero-order valence-corrected chi connectivity index (χ0v) is 38.2. The van der Waals surface area contributed by atoms with E-state index in [0.29, 0.717) is 89.2 Å². The second-order valence-corrected chi connectivity index (χ2v) is 19.1. The van der Waals surface area contributed by atoms with Gasteiger partial charge in [0.15, 0.2) is 0 Å². The Morgan fingerprint density at radius 1 is 0.797 bits per heavy atom. The number of rotatable bonds is 14. The molecule has 0 radical (unpaired) electrons. The van der Waals surface area contributed by atoms with Gasteiger partial charge in [0.1, 0.15) is 23.3 Å². The van der Waals surface area contributed by atoms with Gasteiger partial charge in [0, 0.05) is 80.9 Å². The van der Waals surface area contributed by atoms with Crippen LogP contribution in [-0.2, 0) is 19.1 Å². The molecule has 4 fully saturated rings. The number of hydrogen-bond acceptors (Lipinski definition) is 14. The largest absolute Gasteiger partial charge is 0.381 e. The fraction of sp³-hybridized carbons (Fsp3) is 0.574. The normalized spacial score (nSPS) is 26.1. The SMILES string of the molecule is CCC1NCC(C(=O)Nc2cc(-c3cncc(NCC4CCOCC4)n3)c(Cl)cn2)CC1C1CC(CNc2cncc(-c3ccnc(NC(=O)C4CCC(C)NC4)c3)n2)CC(C)(C)O1. The minimum Gasteiger partial charge on any atom is -0.381 e. The van der Waals surface area contributed by atoms with Crippen molar-refractivity contribution in [2.24, 2.45) is 29.6 Å². The maximum atomic E-state index is 14.0. The van der Waals surface area contributed by atoms with Gasteiger partial charge in [-0.15, -0.1) is 0 Å². The highest BCUT2D eigenvalue weighted by atomic mass is 35.5. The zero-order chi connectivity index (χ0) is 44.6. The molecule has 2 amide bonds. The van der Waals surface area contributed by atoms with Crippen molar-refractivity contribution in [1.82, 2.24) is 40.5 Å². The molecule has 64 heavy (non-hydrogen) atoms. The number of nitrogens with zero attached hydrogens (tertiary/aromatic N) is 6. The summed E-state index contributed by atoms with van der Waals surface area (Å²) in [6.07, 6.45) is 17.2. The summed E-state index contributed by atoms with van der Waals surface area (Å²) in [4.78, 5) is 54.4. The second-order valence-electron chi connectivity index (χ2n) is 18.7. The van der Waals surface area contributed by atoms with Crippen molar-refractivity contribution in [3.8, 4) is 22.5 Å². The highest BCUT2D eigenvalue weighted by Gasteiger charge is 2.44. The summed E-state index contributed by atoms with van der Waals surface area (Å²) in [6.45, 7) is 12.9. The third-order valence-electron chi connectivity index (χ3n) is 13.3. The molecule has 8 rings (SSSR count). The Labute approximate surface area is 381 Å². The number of halogens is 1. The van der Waals surface area contributed by atoms with Crippen molar-refractivity contribution in [3.05, 3.63) is 60.4 Å². The van der Waals surface area contributed by atoms with Crippen LogP contribution in [-0.4, -0.2) is 105 Å². The number of carbonyl (C=O) groups is 2. The molecule has 17 heteroatoms. The first-order valence-electron chi connectivity index (χ1n) is 23.1. The number of piperidine rings is 2. The standard InChI is InChI=1S/C47H63ClN12O4/c1-5-37-35(15-33(22-53-37)46(62)60-42-17-34(36(48)23-56-42)39-25-50-27-44(58-39)54-19-29-9-12-63-13-10-29)40-14-30(18-47(3,4)64-40)20-55-43-26-49-24-38(57-43)31-8-11-51-41(16-31)59-45(61)32-7-6-28(2)52-21-32/h8,11,16-17,23-30,32-33,35,37,40,52-53H,5-7,9-10,12-15,18-22H2,1-4H3,(H,54,58)(H,55,57)(H,51,59,61)(H,56,60,62). The Kier molecular flexibility index (Phi) is 15.0. The molecule has 6 N–H and O–H groups in total. The van der Waals surface area contributed by atoms with Gasteiger partial charge in [0.25, 0.3) is 0 Å². The number of carbonyl (C=O) groups excluding carboxylic acids is 2. The molecule has 4 aliphatic rings. The van der Waals surface area contributed by atoms with E-state index in [9.17, 15) is 9.59 Å². The first kappa shape index (κ1) is 45.7. The van der Waals surface area contributed by atoms with Crippen LogP contribution in [0.15, 0.2) is 55.4 Å². The number of pyridine rings is 2. The van der Waals surface area contributed by atoms with Crippen LogP contribution in [0.2, 0.25) is 5.02 Å². The van der Waals surface area contributed by atoms with E-state index in [2.05, 4.69) is 79.5 Å². The lowest BCUT2D eigenvalue weighted by molar-refractivity contribution is -0.155. The maximum absolute atomic E-state index is 14.0. The van der Waals surface area contributed by atoms with E-state index in [1.54, 1.807) is 43.2 Å². The van der Waals surface area contributed by atoms with Gasteiger partial charge in [-0.1, -0.05) is 18.5 Å². The monoisotopic (exact) mass is 894 g/mol. The number of aromatic nitrogens is 6. The maximum Gasteiger partial charge on any atom is 0.229 e. The fourth-order valence-electron chi connectivity index (χ4n) is 9.77. The Morgan fingerprint density at radius 2 is 1.48 bits per heavy atom. The molecule has 0 aromatic carbocycles. The van der Waals surface area contributed by atoms with E-state index < -0.39 is 0 Å². The highest BCUT2D eigenvalue weighted by molar-refractivity contribution is 6.33. The third-order valence-corrected chi connectivity index (χ3v) is 13.6. The van der Waals surface area contributed by atoms with Crippen molar-refractivity contribution in [2.45, 2.75) is 103 Å². The Balaban J connectivity index is 0.880. The van der Waals surface area contributed by atoms with Crippen LogP contribution in [0.1, 0.15) is 79.1 Å². The van der Waals surface area contributed by atoms with Gasteiger partial charge in [-0.3, -0.25) is 19.6 Å². The topological polar surface area (TPSA) is 202 Å². The minimum atomic E-state index is -0.357. The Morgan fingerprint density at radius 3 is 2.22 bits per heavy atom. The summed E-state index contributed by atoms with van der Waals surface area (Å²) < 4.78 is 12.4. The lowest BCUT2D eigenvalue weighted by Crippen LogP contribution is -2.55. The summed E-state index contributed by atoms with van der Waals surface area (Å²) in [5, 5.41) is 20.6. The van der Waals surface area contributed by atoms with Crippen molar-refractivity contribution < 1.29 is 19.1 Å². The summed E-state index contributed by atoms with van der Waals surface area (Å²) >= 11 is 6.64. The van der Waals surface area contributed by atoms with E-state index in [-0.39, 0.29) is 47.3 Å². The smallest absolute Gasteiger partial charge is 0.229 e. The quantitative estimate of drug-likeness (QED) is 0.0769. The van der Waals surface area contributed by atoms with Crippen LogP contribution in [0.25, 0.3) is 22.5 Å². The van der Waals surface area contributed by atoms with Crippen molar-refractivity contribution >= 4 is 46.7 Å². The van der Waals surface area contributed by atoms with E-state index in [1.165, 1.54) is 0 Å². The van der Waals surface area contributed by atoms with Crippen LogP contribution in [0.3, 0.4) is 0 Å². The van der Waals surface area contributed by atoms with Crippen molar-refractivity contribution in [1.29, 1.82) is 0 Å². The van der Waals surface area contributed by atoms with Gasteiger partial charge in [0.05, 0.1) is 64.7 Å². The van der Waals surface area contributed by atoms with Gasteiger partial charge in [-0.05, 0) is 102 Å². The van der Waals surface area contributed by atoms with Gasteiger partial charge in [-0.2, -0.15) is 0 Å². The molecule has 8 heterocycles. The predicted octanol–water partition coefficient (Wildman–Crippen LogP) is 6.84. The number of amides is 2. The predicted molar refractivity (Wildman–Crippen MR) is 249 cm³/mol. The second kappa shape index (κ2) is 21.0. The molecule has 7 unspecified atom stereocenters. The number of nitrogens with one attached hydrogen (secondary N) is 6. The molecule has 0 bridgehead atoms. The van der Waals surface area contributed by atoms with E-state index in [0.717, 1.165) is 70.3 Å². The molecule has 0 aliphatic carbocycles. The van der Waals surface area contributed by atoms with E-state index in [4.69, 9.17) is 31.0 Å². The molecule has 4 aromatic rings. The molecule has 0 spiro atoms. The summed E-state index contributed by atoms with van der Waals surface area (Å²) in [5.74, 6) is 2.70. The molecule has 16 nitrogen and oxygen atoms in total. The average molecular weight is 896 g/mol. The van der Waals surface area contributed by atoms with E-state index in [1.807, 2.05) is 12.1 Å². The van der Waals surface area contributed by atoms with Gasteiger partial charge in [0.2, 0.25) is 11.8 Å². The van der Waals surface area contributed by atoms with Crippen LogP contribution in [0.5, 0.6) is 0 Å². The lowest BCUT2D eigenvalue weighted by Gasteiger charge is -2.48. The molecular formula is C47H63ClN12O4. The van der Waals surface area contributed by atoms with Crippen LogP contribution >= 0.6 is 11.6 Å². The molecule has 4 saturated heterocycles. The lowest BCUT2D eigenvalue weighted by atomic mass is 9.74. The van der Waals surface area contributed by atoms with Crippen molar-refractivity contribution in [2.75, 3.05) is 60.7 Å². The van der Waals surface area contributed by atoms with Crippen LogP contribution < -0.4 is 31.9 Å². The summed E-state index contributed by atoms with van der Waals surface area (Å²) in [7, 11) is 0. The molecule has 342 valence electrons. The number of anilines is 4. The van der Waals surface area contributed by atoms with Crippen molar-refractivity contribution in [3.63, 3.8) is 0 Å². The number of ether oxygens (including phenoxy) is 2.